The Morgan fingerprint density at radius 3 is 2.72 bits per heavy atom. The largest absolute Gasteiger partial charge is 0.481 e. The van der Waals surface area contributed by atoms with E-state index in [1.165, 1.54) is 0 Å². The van der Waals surface area contributed by atoms with Gasteiger partial charge in [0.25, 0.3) is 5.91 Å². The molecule has 3 heterocycles. The molecule has 1 fully saturated rings. The van der Waals surface area contributed by atoms with E-state index in [-0.39, 0.29) is 11.5 Å². The third kappa shape index (κ3) is 3.77. The lowest BCUT2D eigenvalue weighted by atomic mass is 9.96. The van der Waals surface area contributed by atoms with Crippen molar-refractivity contribution in [1.29, 1.82) is 0 Å². The summed E-state index contributed by atoms with van der Waals surface area (Å²) in [6.07, 6.45) is 4.73. The molecule has 1 N–H and O–H groups in total. The number of carbonyl (C=O) groups excluding carboxylic acids is 1. The van der Waals surface area contributed by atoms with E-state index in [0.29, 0.717) is 35.9 Å². The van der Waals surface area contributed by atoms with Crippen molar-refractivity contribution in [3.63, 3.8) is 0 Å². The zero-order valence-corrected chi connectivity index (χ0v) is 16.9. The second-order valence-electron chi connectivity index (χ2n) is 7.63. The van der Waals surface area contributed by atoms with Crippen LogP contribution in [0.25, 0.3) is 11.0 Å². The van der Waals surface area contributed by atoms with Crippen LogP contribution in [0, 0.1) is 13.8 Å². The van der Waals surface area contributed by atoms with Crippen molar-refractivity contribution in [2.45, 2.75) is 45.6 Å². The summed E-state index contributed by atoms with van der Waals surface area (Å²) in [4.78, 5) is 34.1. The summed E-state index contributed by atoms with van der Waals surface area (Å²) < 4.78 is 11.3. The Morgan fingerprint density at radius 1 is 1.28 bits per heavy atom. The van der Waals surface area contributed by atoms with Gasteiger partial charge in [0.2, 0.25) is 0 Å². The quantitative estimate of drug-likeness (QED) is 0.685. The lowest BCUT2D eigenvalue weighted by Crippen LogP contribution is -2.44. The van der Waals surface area contributed by atoms with Crippen LogP contribution in [-0.2, 0) is 4.79 Å². The van der Waals surface area contributed by atoms with Gasteiger partial charge in [0.05, 0.1) is 0 Å². The Kier molecular flexibility index (Phi) is 5.13. The molecule has 1 aromatic carbocycles. The first-order chi connectivity index (χ1) is 13.9. The minimum atomic E-state index is -0.620. The number of ether oxygens (including phenoxy) is 1. The molecule has 0 spiro atoms. The van der Waals surface area contributed by atoms with Crippen molar-refractivity contribution < 1.29 is 13.9 Å². The van der Waals surface area contributed by atoms with Crippen LogP contribution in [0.15, 0.2) is 39.8 Å². The van der Waals surface area contributed by atoms with E-state index in [9.17, 15) is 9.59 Å². The van der Waals surface area contributed by atoms with Gasteiger partial charge >= 0.3 is 5.63 Å². The number of aryl methyl sites for hydroxylation is 1. The molecule has 7 heteroatoms. The number of hydrogen-bond acceptors (Lipinski definition) is 5. The van der Waals surface area contributed by atoms with E-state index >= 15 is 0 Å². The molecule has 2 aromatic heterocycles. The Morgan fingerprint density at radius 2 is 2.03 bits per heavy atom. The summed E-state index contributed by atoms with van der Waals surface area (Å²) in [7, 11) is 0. The van der Waals surface area contributed by atoms with Crippen LogP contribution in [0.3, 0.4) is 0 Å². The summed E-state index contributed by atoms with van der Waals surface area (Å²) in [6.45, 7) is 6.77. The second kappa shape index (κ2) is 7.73. The minimum absolute atomic E-state index is 0.0375. The normalized spacial score (nSPS) is 16.2. The number of hydrogen-bond donors (Lipinski definition) is 1. The molecule has 1 atom stereocenters. The van der Waals surface area contributed by atoms with Crippen molar-refractivity contribution in [3.05, 3.63) is 58.0 Å². The highest BCUT2D eigenvalue weighted by molar-refractivity contribution is 5.83. The smallest absolute Gasteiger partial charge is 0.339 e. The first-order valence-corrected chi connectivity index (χ1v) is 9.93. The van der Waals surface area contributed by atoms with E-state index in [1.807, 2.05) is 30.2 Å². The maximum absolute atomic E-state index is 12.8. The fourth-order valence-corrected chi connectivity index (χ4v) is 3.89. The van der Waals surface area contributed by atoms with E-state index in [4.69, 9.17) is 9.15 Å². The van der Waals surface area contributed by atoms with Gasteiger partial charge in [-0.05, 0) is 51.3 Å². The van der Waals surface area contributed by atoms with Crippen LogP contribution < -0.4 is 10.4 Å². The SMILES string of the molecule is Cc1c(C)c2ccc(OC(C)C(=O)N3CCC(c4ncc[nH]4)CC3)cc2oc1=O. The number of rotatable bonds is 4. The summed E-state index contributed by atoms with van der Waals surface area (Å²) in [5, 5.41) is 0.869. The van der Waals surface area contributed by atoms with Crippen molar-refractivity contribution in [2.24, 2.45) is 0 Å². The molecule has 1 aliphatic rings. The van der Waals surface area contributed by atoms with Gasteiger partial charge in [-0.1, -0.05) is 0 Å². The maximum Gasteiger partial charge on any atom is 0.339 e. The third-order valence-corrected chi connectivity index (χ3v) is 5.80. The van der Waals surface area contributed by atoms with Gasteiger partial charge in [-0.3, -0.25) is 4.79 Å². The number of carbonyl (C=O) groups is 1. The van der Waals surface area contributed by atoms with E-state index < -0.39 is 6.10 Å². The molecule has 3 aromatic rings. The van der Waals surface area contributed by atoms with Crippen LogP contribution in [0.2, 0.25) is 0 Å². The summed E-state index contributed by atoms with van der Waals surface area (Å²) in [5.41, 5.74) is 1.62. The molecule has 1 amide bonds. The highest BCUT2D eigenvalue weighted by Crippen LogP contribution is 2.27. The Labute approximate surface area is 168 Å². The van der Waals surface area contributed by atoms with Gasteiger partial charge < -0.3 is 19.0 Å². The van der Waals surface area contributed by atoms with Crippen LogP contribution in [0.1, 0.15) is 42.6 Å². The lowest BCUT2D eigenvalue weighted by Gasteiger charge is -2.32. The molecular formula is C22H25N3O4. The van der Waals surface area contributed by atoms with Gasteiger partial charge in [-0.2, -0.15) is 0 Å². The topological polar surface area (TPSA) is 88.4 Å². The standard InChI is InChI=1S/C22H25N3O4/c1-13-14(2)22(27)29-19-12-17(4-5-18(13)19)28-15(3)21(26)25-10-6-16(7-11-25)20-23-8-9-24-20/h4-5,8-9,12,15-16H,6-7,10-11H2,1-3H3,(H,23,24). The zero-order chi connectivity index (χ0) is 20.5. The second-order valence-corrected chi connectivity index (χ2v) is 7.63. The molecule has 0 radical (unpaired) electrons. The number of fused-ring (bicyclic) bond motifs is 1. The highest BCUT2D eigenvalue weighted by atomic mass is 16.5. The van der Waals surface area contributed by atoms with Crippen molar-refractivity contribution in [2.75, 3.05) is 13.1 Å². The summed E-state index contributed by atoms with van der Waals surface area (Å²) in [5.74, 6) is 1.82. The van der Waals surface area contributed by atoms with Crippen LogP contribution >= 0.6 is 0 Å². The number of nitrogens with one attached hydrogen (secondary N) is 1. The maximum atomic E-state index is 12.8. The first-order valence-electron chi connectivity index (χ1n) is 9.93. The number of amides is 1. The number of benzene rings is 1. The number of imidazole rings is 1. The monoisotopic (exact) mass is 395 g/mol. The van der Waals surface area contributed by atoms with Crippen LogP contribution in [0.4, 0.5) is 0 Å². The molecular weight excluding hydrogens is 370 g/mol. The molecule has 1 unspecified atom stereocenters. The molecule has 1 aliphatic heterocycles. The molecule has 0 bridgehead atoms. The van der Waals surface area contributed by atoms with Crippen molar-refractivity contribution in [1.82, 2.24) is 14.9 Å². The van der Waals surface area contributed by atoms with E-state index in [2.05, 4.69) is 9.97 Å². The predicted molar refractivity (Wildman–Crippen MR) is 109 cm³/mol. The van der Waals surface area contributed by atoms with Crippen LogP contribution in [-0.4, -0.2) is 40.0 Å². The van der Waals surface area contributed by atoms with Gasteiger partial charge in [-0.15, -0.1) is 0 Å². The van der Waals surface area contributed by atoms with E-state index in [1.54, 1.807) is 26.1 Å². The van der Waals surface area contributed by atoms with E-state index in [0.717, 1.165) is 29.6 Å². The molecule has 0 saturated carbocycles. The number of likely N-dealkylation sites (tertiary alicyclic amines) is 1. The van der Waals surface area contributed by atoms with Gasteiger partial charge in [-0.25, -0.2) is 9.78 Å². The number of H-pyrrole nitrogens is 1. The first kappa shape index (κ1) is 19.2. The molecule has 0 aliphatic carbocycles. The van der Waals surface area contributed by atoms with Crippen LogP contribution in [0.5, 0.6) is 5.75 Å². The Balaban J connectivity index is 1.42. The predicted octanol–water partition coefficient (Wildman–Crippen LogP) is 3.31. The number of aromatic amines is 1. The van der Waals surface area contributed by atoms with Gasteiger partial charge in [0.1, 0.15) is 17.2 Å². The molecule has 7 nitrogen and oxygen atoms in total. The number of piperidine rings is 1. The minimum Gasteiger partial charge on any atom is -0.481 e. The summed E-state index contributed by atoms with van der Waals surface area (Å²) >= 11 is 0. The molecule has 29 heavy (non-hydrogen) atoms. The van der Waals surface area contributed by atoms with Crippen molar-refractivity contribution >= 4 is 16.9 Å². The number of nitrogens with zero attached hydrogens (tertiary/aromatic N) is 2. The fraction of sp³-hybridized carbons (Fsp3) is 0.409. The Bertz CT molecular complexity index is 1080. The lowest BCUT2D eigenvalue weighted by molar-refractivity contribution is -0.139. The number of aromatic nitrogens is 2. The van der Waals surface area contributed by atoms with Gasteiger partial charge in [0.15, 0.2) is 6.10 Å². The third-order valence-electron chi connectivity index (χ3n) is 5.80. The van der Waals surface area contributed by atoms with Crippen molar-refractivity contribution in [3.8, 4) is 5.75 Å². The zero-order valence-electron chi connectivity index (χ0n) is 16.9. The molecule has 1 saturated heterocycles. The van der Waals surface area contributed by atoms with Gasteiger partial charge in [0, 0.05) is 48.4 Å². The Hall–Kier alpha value is -3.09. The molecule has 4 rings (SSSR count). The summed E-state index contributed by atoms with van der Waals surface area (Å²) in [6, 6.07) is 5.35. The highest BCUT2D eigenvalue weighted by Gasteiger charge is 2.28. The average molecular weight is 395 g/mol. The molecule has 152 valence electrons. The fourth-order valence-electron chi connectivity index (χ4n) is 3.89. The average Bonchev–Trinajstić information content (AvgIpc) is 3.26.